The molecule has 2 aliphatic rings. The van der Waals surface area contributed by atoms with Crippen molar-refractivity contribution in [2.24, 2.45) is 5.92 Å². The van der Waals surface area contributed by atoms with E-state index in [-0.39, 0.29) is 5.92 Å². The van der Waals surface area contributed by atoms with Crippen LogP contribution >= 0.6 is 0 Å². The van der Waals surface area contributed by atoms with Gasteiger partial charge in [-0.05, 0) is 51.5 Å². The molecule has 2 fully saturated rings. The molecule has 0 amide bonds. The molecule has 0 bridgehead atoms. The Morgan fingerprint density at radius 3 is 2.63 bits per heavy atom. The summed E-state index contributed by atoms with van der Waals surface area (Å²) in [7, 11) is 0. The molecule has 5 heteroatoms. The van der Waals surface area contributed by atoms with Crippen molar-refractivity contribution in [3.63, 3.8) is 0 Å². The standard InChI is InChI=1S/C14H25NO4/c16-13(17)11-3-6-14(18,7-4-11)10-15-8-5-12-2-1-9-19-12/h11-12,15,18H,1-10H2,(H,16,17). The van der Waals surface area contributed by atoms with Crippen molar-refractivity contribution < 1.29 is 19.7 Å². The molecule has 3 N–H and O–H groups in total. The molecule has 19 heavy (non-hydrogen) atoms. The van der Waals surface area contributed by atoms with Gasteiger partial charge >= 0.3 is 5.97 Å². The third-order valence-electron chi connectivity index (χ3n) is 4.39. The molecule has 110 valence electrons. The van der Waals surface area contributed by atoms with Crippen LogP contribution in [0.15, 0.2) is 0 Å². The number of aliphatic carboxylic acids is 1. The lowest BCUT2D eigenvalue weighted by Crippen LogP contribution is -2.45. The first-order valence-electron chi connectivity index (χ1n) is 7.37. The minimum Gasteiger partial charge on any atom is -0.481 e. The van der Waals surface area contributed by atoms with Gasteiger partial charge in [0.05, 0.1) is 17.6 Å². The van der Waals surface area contributed by atoms with Gasteiger partial charge in [-0.3, -0.25) is 4.79 Å². The van der Waals surface area contributed by atoms with Gasteiger partial charge in [0.2, 0.25) is 0 Å². The van der Waals surface area contributed by atoms with Gasteiger partial charge in [-0.25, -0.2) is 0 Å². The van der Waals surface area contributed by atoms with E-state index in [9.17, 15) is 9.90 Å². The summed E-state index contributed by atoms with van der Waals surface area (Å²) in [6.07, 6.45) is 6.00. The summed E-state index contributed by atoms with van der Waals surface area (Å²) < 4.78 is 5.54. The molecule has 1 saturated heterocycles. The highest BCUT2D eigenvalue weighted by Gasteiger charge is 2.35. The zero-order valence-electron chi connectivity index (χ0n) is 11.4. The summed E-state index contributed by atoms with van der Waals surface area (Å²) in [4.78, 5) is 10.9. The van der Waals surface area contributed by atoms with Crippen molar-refractivity contribution in [1.29, 1.82) is 0 Å². The fourth-order valence-corrected chi connectivity index (χ4v) is 3.03. The minimum atomic E-state index is -0.728. The summed E-state index contributed by atoms with van der Waals surface area (Å²) >= 11 is 0. The number of ether oxygens (including phenoxy) is 1. The molecule has 1 aliphatic carbocycles. The van der Waals surface area contributed by atoms with Crippen LogP contribution in [0.2, 0.25) is 0 Å². The molecule has 1 unspecified atom stereocenters. The number of carbonyl (C=O) groups is 1. The minimum absolute atomic E-state index is 0.271. The molecule has 0 aromatic heterocycles. The van der Waals surface area contributed by atoms with Crippen LogP contribution in [0, 0.1) is 5.92 Å². The van der Waals surface area contributed by atoms with E-state index < -0.39 is 11.6 Å². The van der Waals surface area contributed by atoms with Gasteiger partial charge < -0.3 is 20.3 Å². The van der Waals surface area contributed by atoms with E-state index in [1.807, 2.05) is 0 Å². The maximum Gasteiger partial charge on any atom is 0.306 e. The number of hydrogen-bond donors (Lipinski definition) is 3. The van der Waals surface area contributed by atoms with Gasteiger partial charge in [0.15, 0.2) is 0 Å². The van der Waals surface area contributed by atoms with Crippen LogP contribution in [0.3, 0.4) is 0 Å². The third kappa shape index (κ3) is 4.44. The molecule has 2 rings (SSSR count). The van der Waals surface area contributed by atoms with E-state index >= 15 is 0 Å². The van der Waals surface area contributed by atoms with Crippen molar-refractivity contribution in [1.82, 2.24) is 5.32 Å². The van der Waals surface area contributed by atoms with Crippen LogP contribution in [-0.4, -0.2) is 47.6 Å². The SMILES string of the molecule is O=C(O)C1CCC(O)(CNCCC2CCCO2)CC1. The number of hydrogen-bond acceptors (Lipinski definition) is 4. The van der Waals surface area contributed by atoms with E-state index in [1.165, 1.54) is 0 Å². The molecule has 1 heterocycles. The summed E-state index contributed by atoms with van der Waals surface area (Å²) in [6.45, 7) is 2.30. The summed E-state index contributed by atoms with van der Waals surface area (Å²) in [5.74, 6) is -0.999. The van der Waals surface area contributed by atoms with Gasteiger partial charge in [0.25, 0.3) is 0 Å². The fraction of sp³-hybridized carbons (Fsp3) is 0.929. The quantitative estimate of drug-likeness (QED) is 0.632. The van der Waals surface area contributed by atoms with E-state index in [0.717, 1.165) is 32.4 Å². The first kappa shape index (κ1) is 14.8. The number of aliphatic hydroxyl groups is 1. The molecule has 1 aliphatic heterocycles. The maximum atomic E-state index is 10.9. The molecule has 0 aromatic rings. The number of nitrogens with one attached hydrogen (secondary N) is 1. The van der Waals surface area contributed by atoms with E-state index in [1.54, 1.807) is 0 Å². The molecule has 5 nitrogen and oxygen atoms in total. The Kier molecular flexibility index (Phi) is 5.19. The normalized spacial score (nSPS) is 35.4. The molecule has 1 atom stereocenters. The van der Waals surface area contributed by atoms with E-state index in [4.69, 9.17) is 9.84 Å². The fourth-order valence-electron chi connectivity index (χ4n) is 3.03. The van der Waals surface area contributed by atoms with Crippen LogP contribution in [0.1, 0.15) is 44.9 Å². The van der Waals surface area contributed by atoms with Crippen molar-refractivity contribution in [2.45, 2.75) is 56.7 Å². The predicted octanol–water partition coefficient (Wildman–Crippen LogP) is 1.15. The Morgan fingerprint density at radius 2 is 2.05 bits per heavy atom. The van der Waals surface area contributed by atoms with E-state index in [2.05, 4.69) is 5.32 Å². The zero-order chi connectivity index (χ0) is 13.7. The highest BCUT2D eigenvalue weighted by molar-refractivity contribution is 5.70. The second-order valence-corrected chi connectivity index (χ2v) is 5.94. The molecular formula is C14H25NO4. The van der Waals surface area contributed by atoms with Gasteiger partial charge in [-0.2, -0.15) is 0 Å². The summed E-state index contributed by atoms with van der Waals surface area (Å²) in [5.41, 5.74) is -0.720. The van der Waals surface area contributed by atoms with Crippen molar-refractivity contribution >= 4 is 5.97 Å². The highest BCUT2D eigenvalue weighted by Crippen LogP contribution is 2.31. The Morgan fingerprint density at radius 1 is 1.32 bits per heavy atom. The Balaban J connectivity index is 1.61. The molecule has 0 aromatic carbocycles. The summed E-state index contributed by atoms with van der Waals surface area (Å²) in [5, 5.41) is 22.6. The second kappa shape index (κ2) is 6.68. The molecule has 0 spiro atoms. The number of carboxylic acids is 1. The van der Waals surface area contributed by atoms with Crippen LogP contribution < -0.4 is 5.32 Å². The molecule has 0 radical (unpaired) electrons. The highest BCUT2D eigenvalue weighted by atomic mass is 16.5. The molecule has 1 saturated carbocycles. The van der Waals surface area contributed by atoms with Gasteiger partial charge in [-0.15, -0.1) is 0 Å². The second-order valence-electron chi connectivity index (χ2n) is 5.94. The van der Waals surface area contributed by atoms with Crippen LogP contribution in [-0.2, 0) is 9.53 Å². The first-order valence-corrected chi connectivity index (χ1v) is 7.37. The lowest BCUT2D eigenvalue weighted by atomic mass is 9.79. The van der Waals surface area contributed by atoms with E-state index in [0.29, 0.717) is 38.3 Å². The molecular weight excluding hydrogens is 246 g/mol. The number of carboxylic acid groups (broad SMARTS) is 1. The van der Waals surface area contributed by atoms with Crippen molar-refractivity contribution in [3.05, 3.63) is 0 Å². The zero-order valence-corrected chi connectivity index (χ0v) is 11.4. The van der Waals surface area contributed by atoms with Crippen LogP contribution in [0.5, 0.6) is 0 Å². The Bertz CT molecular complexity index is 294. The summed E-state index contributed by atoms with van der Waals surface area (Å²) in [6, 6.07) is 0. The Hall–Kier alpha value is -0.650. The average Bonchev–Trinajstić information content (AvgIpc) is 2.88. The Labute approximate surface area is 114 Å². The topological polar surface area (TPSA) is 78.8 Å². The van der Waals surface area contributed by atoms with Crippen molar-refractivity contribution in [2.75, 3.05) is 19.7 Å². The predicted molar refractivity (Wildman–Crippen MR) is 71.0 cm³/mol. The van der Waals surface area contributed by atoms with Gasteiger partial charge in [-0.1, -0.05) is 0 Å². The smallest absolute Gasteiger partial charge is 0.306 e. The average molecular weight is 271 g/mol. The van der Waals surface area contributed by atoms with Crippen LogP contribution in [0.25, 0.3) is 0 Å². The lowest BCUT2D eigenvalue weighted by molar-refractivity contribution is -0.144. The third-order valence-corrected chi connectivity index (χ3v) is 4.39. The number of rotatable bonds is 6. The maximum absolute atomic E-state index is 10.9. The van der Waals surface area contributed by atoms with Crippen LogP contribution in [0.4, 0.5) is 0 Å². The lowest BCUT2D eigenvalue weighted by Gasteiger charge is -2.35. The monoisotopic (exact) mass is 271 g/mol. The van der Waals surface area contributed by atoms with Gasteiger partial charge in [0.1, 0.15) is 0 Å². The first-order chi connectivity index (χ1) is 9.09. The van der Waals surface area contributed by atoms with Gasteiger partial charge in [0, 0.05) is 13.2 Å². The largest absolute Gasteiger partial charge is 0.481 e. The van der Waals surface area contributed by atoms with Crippen molar-refractivity contribution in [3.8, 4) is 0 Å².